The highest BCUT2D eigenvalue weighted by Gasteiger charge is 2.13. The Balaban J connectivity index is 2.24. The molecule has 2 aromatic carbocycles. The van der Waals surface area contributed by atoms with Crippen molar-refractivity contribution in [1.29, 1.82) is 0 Å². The molecule has 2 rings (SSSR count). The van der Waals surface area contributed by atoms with Gasteiger partial charge in [-0.2, -0.15) is 0 Å². The van der Waals surface area contributed by atoms with Crippen LogP contribution in [0.3, 0.4) is 0 Å². The van der Waals surface area contributed by atoms with E-state index in [2.05, 4.69) is 31.3 Å². The summed E-state index contributed by atoms with van der Waals surface area (Å²) >= 11 is 0. The molecule has 26 heavy (non-hydrogen) atoms. The van der Waals surface area contributed by atoms with E-state index in [0.29, 0.717) is 25.4 Å². The Morgan fingerprint density at radius 2 is 1.73 bits per heavy atom. The van der Waals surface area contributed by atoms with Crippen LogP contribution in [-0.4, -0.2) is 19.1 Å². The first-order chi connectivity index (χ1) is 12.5. The van der Waals surface area contributed by atoms with Gasteiger partial charge in [0.25, 0.3) is 5.91 Å². The lowest BCUT2D eigenvalue weighted by molar-refractivity contribution is 0.102. The van der Waals surface area contributed by atoms with Crippen molar-refractivity contribution in [3.8, 4) is 5.75 Å². The molecule has 0 unspecified atom stereocenters. The molecule has 0 bridgehead atoms. The highest BCUT2D eigenvalue weighted by molar-refractivity contribution is 6.05. The van der Waals surface area contributed by atoms with Gasteiger partial charge in [0, 0.05) is 23.4 Å². The molecule has 140 valence electrons. The Labute approximate surface area is 156 Å². The van der Waals surface area contributed by atoms with E-state index in [9.17, 15) is 4.79 Å². The Kier molecular flexibility index (Phi) is 7.22. The molecule has 2 aromatic rings. The summed E-state index contributed by atoms with van der Waals surface area (Å²) in [6, 6.07) is 9.64. The molecular formula is C22H29NO3. The number of hydrogen-bond donors (Lipinski definition) is 1. The molecule has 0 radical (unpaired) electrons. The van der Waals surface area contributed by atoms with Gasteiger partial charge in [0.15, 0.2) is 0 Å². The summed E-state index contributed by atoms with van der Waals surface area (Å²) in [5, 5.41) is 3.05. The normalized spacial score (nSPS) is 10.7. The number of hydrogen-bond acceptors (Lipinski definition) is 3. The number of amides is 1. The standard InChI is InChI=1S/C22H29NO3/c1-6-10-25-14-19-13-18(8-9-20(19)26-7-2)22(24)23-21-16(4)11-15(3)12-17(21)5/h8-9,11-13H,6-7,10,14H2,1-5H3,(H,23,24). The fourth-order valence-corrected chi connectivity index (χ4v) is 3.02. The highest BCUT2D eigenvalue weighted by atomic mass is 16.5. The van der Waals surface area contributed by atoms with Gasteiger partial charge in [-0.1, -0.05) is 24.6 Å². The van der Waals surface area contributed by atoms with Crippen LogP contribution in [0.5, 0.6) is 5.75 Å². The Morgan fingerprint density at radius 1 is 1.04 bits per heavy atom. The van der Waals surface area contributed by atoms with Crippen molar-refractivity contribution in [3.05, 3.63) is 58.1 Å². The molecule has 0 aliphatic rings. The Bertz CT molecular complexity index is 745. The topological polar surface area (TPSA) is 47.6 Å². The third-order valence-corrected chi connectivity index (χ3v) is 4.14. The predicted molar refractivity (Wildman–Crippen MR) is 106 cm³/mol. The van der Waals surface area contributed by atoms with Gasteiger partial charge in [0.1, 0.15) is 5.75 Å². The van der Waals surface area contributed by atoms with Gasteiger partial charge in [-0.3, -0.25) is 4.79 Å². The maximum atomic E-state index is 12.8. The van der Waals surface area contributed by atoms with E-state index >= 15 is 0 Å². The smallest absolute Gasteiger partial charge is 0.255 e. The maximum absolute atomic E-state index is 12.8. The Hall–Kier alpha value is -2.33. The number of benzene rings is 2. The van der Waals surface area contributed by atoms with E-state index in [0.717, 1.165) is 34.5 Å². The van der Waals surface area contributed by atoms with Crippen LogP contribution in [0.4, 0.5) is 5.69 Å². The minimum Gasteiger partial charge on any atom is -0.494 e. The second kappa shape index (κ2) is 9.39. The van der Waals surface area contributed by atoms with Crippen LogP contribution in [0.15, 0.2) is 30.3 Å². The first-order valence-electron chi connectivity index (χ1n) is 9.18. The number of aryl methyl sites for hydroxylation is 3. The number of anilines is 1. The second-order valence-electron chi connectivity index (χ2n) is 6.54. The molecule has 0 saturated heterocycles. The second-order valence-corrected chi connectivity index (χ2v) is 6.54. The van der Waals surface area contributed by atoms with Crippen LogP contribution in [0.2, 0.25) is 0 Å². The minimum atomic E-state index is -0.125. The van der Waals surface area contributed by atoms with Crippen LogP contribution in [-0.2, 0) is 11.3 Å². The summed E-state index contributed by atoms with van der Waals surface area (Å²) in [5.41, 5.74) is 5.68. The minimum absolute atomic E-state index is 0.125. The van der Waals surface area contributed by atoms with Crippen molar-refractivity contribution < 1.29 is 14.3 Å². The molecule has 0 aromatic heterocycles. The molecule has 0 spiro atoms. The zero-order valence-corrected chi connectivity index (χ0v) is 16.4. The van der Waals surface area contributed by atoms with Gasteiger partial charge in [-0.15, -0.1) is 0 Å². The van der Waals surface area contributed by atoms with Crippen molar-refractivity contribution in [2.75, 3.05) is 18.5 Å². The average molecular weight is 355 g/mol. The molecule has 0 aliphatic heterocycles. The fraction of sp³-hybridized carbons (Fsp3) is 0.409. The van der Waals surface area contributed by atoms with Crippen molar-refractivity contribution in [3.63, 3.8) is 0 Å². The van der Waals surface area contributed by atoms with E-state index in [1.54, 1.807) is 6.07 Å². The number of rotatable bonds is 8. The fourth-order valence-electron chi connectivity index (χ4n) is 3.02. The zero-order chi connectivity index (χ0) is 19.1. The lowest BCUT2D eigenvalue weighted by Crippen LogP contribution is -2.14. The quantitative estimate of drug-likeness (QED) is 0.663. The van der Waals surface area contributed by atoms with Crippen molar-refractivity contribution in [2.24, 2.45) is 0 Å². The van der Waals surface area contributed by atoms with Gasteiger partial charge < -0.3 is 14.8 Å². The van der Waals surface area contributed by atoms with E-state index < -0.39 is 0 Å². The number of ether oxygens (including phenoxy) is 2. The SMILES string of the molecule is CCCOCc1cc(C(=O)Nc2c(C)cc(C)cc2C)ccc1OCC. The molecule has 0 fully saturated rings. The zero-order valence-electron chi connectivity index (χ0n) is 16.4. The first-order valence-corrected chi connectivity index (χ1v) is 9.18. The highest BCUT2D eigenvalue weighted by Crippen LogP contribution is 2.25. The molecule has 0 saturated carbocycles. The van der Waals surface area contributed by atoms with Gasteiger partial charge in [-0.05, 0) is 63.4 Å². The van der Waals surface area contributed by atoms with Crippen molar-refractivity contribution in [1.82, 2.24) is 0 Å². The molecule has 4 nitrogen and oxygen atoms in total. The molecule has 4 heteroatoms. The largest absolute Gasteiger partial charge is 0.494 e. The van der Waals surface area contributed by atoms with E-state index in [4.69, 9.17) is 9.47 Å². The maximum Gasteiger partial charge on any atom is 0.255 e. The van der Waals surface area contributed by atoms with Gasteiger partial charge in [-0.25, -0.2) is 0 Å². The average Bonchev–Trinajstić information content (AvgIpc) is 2.59. The summed E-state index contributed by atoms with van der Waals surface area (Å²) in [7, 11) is 0. The lowest BCUT2D eigenvalue weighted by atomic mass is 10.0. The van der Waals surface area contributed by atoms with Crippen LogP contribution in [0, 0.1) is 20.8 Å². The summed E-state index contributed by atoms with van der Waals surface area (Å²) in [5.74, 6) is 0.641. The van der Waals surface area contributed by atoms with Crippen molar-refractivity contribution >= 4 is 11.6 Å². The number of nitrogens with one attached hydrogen (secondary N) is 1. The molecule has 0 heterocycles. The van der Waals surface area contributed by atoms with Crippen LogP contribution in [0.25, 0.3) is 0 Å². The first kappa shape index (κ1) is 20.0. The van der Waals surface area contributed by atoms with Gasteiger partial charge in [0.2, 0.25) is 0 Å². The lowest BCUT2D eigenvalue weighted by Gasteiger charge is -2.15. The van der Waals surface area contributed by atoms with E-state index in [-0.39, 0.29) is 5.91 Å². The van der Waals surface area contributed by atoms with Crippen LogP contribution in [0.1, 0.15) is 52.9 Å². The summed E-state index contributed by atoms with van der Waals surface area (Å²) in [4.78, 5) is 12.8. The third-order valence-electron chi connectivity index (χ3n) is 4.14. The molecule has 0 aliphatic carbocycles. The monoisotopic (exact) mass is 355 g/mol. The van der Waals surface area contributed by atoms with E-state index in [1.807, 2.05) is 32.9 Å². The van der Waals surface area contributed by atoms with Gasteiger partial charge in [0.05, 0.1) is 13.2 Å². The molecule has 0 atom stereocenters. The summed E-state index contributed by atoms with van der Waals surface area (Å²) < 4.78 is 11.3. The molecular weight excluding hydrogens is 326 g/mol. The molecule has 1 N–H and O–H groups in total. The van der Waals surface area contributed by atoms with E-state index in [1.165, 1.54) is 5.56 Å². The predicted octanol–water partition coefficient (Wildman–Crippen LogP) is 5.19. The summed E-state index contributed by atoms with van der Waals surface area (Å²) in [6.07, 6.45) is 0.954. The van der Waals surface area contributed by atoms with Crippen molar-refractivity contribution in [2.45, 2.75) is 47.6 Å². The number of carbonyl (C=O) groups excluding carboxylic acids is 1. The van der Waals surface area contributed by atoms with Crippen LogP contribution < -0.4 is 10.1 Å². The van der Waals surface area contributed by atoms with Crippen LogP contribution >= 0.6 is 0 Å². The van der Waals surface area contributed by atoms with Gasteiger partial charge >= 0.3 is 0 Å². The molecule has 1 amide bonds. The third kappa shape index (κ3) is 5.09. The number of carbonyl (C=O) groups is 1. The Morgan fingerprint density at radius 3 is 2.35 bits per heavy atom. The summed E-state index contributed by atoms with van der Waals surface area (Å²) in [6.45, 7) is 11.8.